The fraction of sp³-hybridized carbons (Fsp3) is 0.524. The number of nitrogens with zero attached hydrogens (tertiary/aromatic N) is 4. The number of ether oxygens (including phenoxy) is 1. The normalized spacial score (nSPS) is 15.3. The molecule has 0 bridgehead atoms. The van der Waals surface area contributed by atoms with Crippen LogP contribution in [0.3, 0.4) is 0 Å². The number of carbonyl (C=O) groups is 1. The van der Waals surface area contributed by atoms with Gasteiger partial charge in [0.25, 0.3) is 5.56 Å². The van der Waals surface area contributed by atoms with Gasteiger partial charge >= 0.3 is 6.18 Å². The van der Waals surface area contributed by atoms with Crippen molar-refractivity contribution in [2.45, 2.75) is 25.6 Å². The second-order valence-corrected chi connectivity index (χ2v) is 7.86. The average Bonchev–Trinajstić information content (AvgIpc) is 2.83. The summed E-state index contributed by atoms with van der Waals surface area (Å²) in [5.74, 6) is 0.347. The molecule has 0 spiro atoms. The monoisotopic (exact) mass is 484 g/mol. The molecule has 1 aliphatic rings. The van der Waals surface area contributed by atoms with Gasteiger partial charge in [-0.1, -0.05) is 0 Å². The molecule has 0 saturated carbocycles. The number of aromatic nitrogens is 3. The Morgan fingerprint density at radius 1 is 1.26 bits per heavy atom. The third kappa shape index (κ3) is 6.67. The molecule has 3 rings (SSSR count). The first-order valence-corrected chi connectivity index (χ1v) is 10.7. The van der Waals surface area contributed by atoms with Crippen molar-refractivity contribution in [3.05, 3.63) is 46.0 Å². The molecule has 1 aliphatic heterocycles. The summed E-state index contributed by atoms with van der Waals surface area (Å²) in [5.41, 5.74) is -0.201. The number of H-pyrrole nitrogens is 1. The average molecular weight is 484 g/mol. The minimum Gasteiger partial charge on any atom is -0.394 e. The predicted octanol–water partition coefficient (Wildman–Crippen LogP) is 1.02. The van der Waals surface area contributed by atoms with E-state index in [9.17, 15) is 27.9 Å². The van der Waals surface area contributed by atoms with Crippen LogP contribution in [0.2, 0.25) is 0 Å². The highest BCUT2D eigenvalue weighted by Crippen LogP contribution is 2.29. The van der Waals surface area contributed by atoms with Crippen molar-refractivity contribution in [3.8, 4) is 0 Å². The van der Waals surface area contributed by atoms with Crippen molar-refractivity contribution < 1.29 is 27.8 Å². The Bertz CT molecular complexity index is 1010. The summed E-state index contributed by atoms with van der Waals surface area (Å²) in [7, 11) is 0. The Morgan fingerprint density at radius 2 is 2.00 bits per heavy atom. The number of hydrogen-bond acceptors (Lipinski definition) is 8. The lowest BCUT2D eigenvalue weighted by Crippen LogP contribution is -2.49. The Kier molecular flexibility index (Phi) is 8.45. The fourth-order valence-corrected chi connectivity index (χ4v) is 3.43. The molecular weight excluding hydrogens is 457 g/mol. The largest absolute Gasteiger partial charge is 0.417 e. The van der Waals surface area contributed by atoms with Crippen molar-refractivity contribution in [2.24, 2.45) is 0 Å². The Balaban J connectivity index is 1.39. The highest BCUT2D eigenvalue weighted by atomic mass is 19.4. The van der Waals surface area contributed by atoms with Crippen molar-refractivity contribution in [3.63, 3.8) is 0 Å². The number of halogens is 3. The zero-order chi connectivity index (χ0) is 24.7. The lowest BCUT2D eigenvalue weighted by Gasteiger charge is -2.35. The number of hydrogen-bond donors (Lipinski definition) is 3. The maximum atomic E-state index is 12.7. The summed E-state index contributed by atoms with van der Waals surface area (Å²) in [6.07, 6.45) is -2.01. The standard InChI is InChI=1S/C21H27F3N6O4/c1-14-17(11-26-28-20(14)33)27-16(12-31)13-34-9-4-19(32)30-7-5-29(6-8-30)18-3-2-15(10-25-18)21(22,23)24/h2-3,10-11,16,31H,4-9,12-13H2,1H3,(H2,27,28,33)/t16-/m0/s1. The molecule has 1 amide bonds. The molecule has 2 aromatic heterocycles. The molecule has 3 heterocycles. The minimum atomic E-state index is -4.43. The van der Waals surface area contributed by atoms with Gasteiger partial charge in [-0.2, -0.15) is 18.3 Å². The second-order valence-electron chi connectivity index (χ2n) is 7.86. The van der Waals surface area contributed by atoms with Crippen molar-refractivity contribution in [1.82, 2.24) is 20.1 Å². The number of aromatic amines is 1. The van der Waals surface area contributed by atoms with Crippen LogP contribution in [0.15, 0.2) is 29.3 Å². The molecule has 1 atom stereocenters. The SMILES string of the molecule is Cc1c(N[C@@H](CO)COCCC(=O)N2CCN(c3ccc(C(F)(F)F)cn3)CC2)cn[nH]c1=O. The molecule has 2 aromatic rings. The third-order valence-corrected chi connectivity index (χ3v) is 5.50. The predicted molar refractivity (Wildman–Crippen MR) is 118 cm³/mol. The van der Waals surface area contributed by atoms with Gasteiger partial charge in [0.1, 0.15) is 5.82 Å². The van der Waals surface area contributed by atoms with E-state index in [1.165, 1.54) is 12.3 Å². The Labute approximate surface area is 193 Å². The summed E-state index contributed by atoms with van der Waals surface area (Å²) in [5, 5.41) is 18.6. The van der Waals surface area contributed by atoms with Crippen LogP contribution in [-0.4, -0.2) is 83.1 Å². The molecule has 186 valence electrons. The molecule has 34 heavy (non-hydrogen) atoms. The molecule has 0 aliphatic carbocycles. The van der Waals surface area contributed by atoms with Crippen molar-refractivity contribution in [2.75, 3.05) is 56.2 Å². The molecule has 13 heteroatoms. The summed E-state index contributed by atoms with van der Waals surface area (Å²) in [4.78, 5) is 31.5. The number of piperazine rings is 1. The minimum absolute atomic E-state index is 0.0943. The van der Waals surface area contributed by atoms with Gasteiger partial charge in [-0.15, -0.1) is 0 Å². The summed E-state index contributed by atoms with van der Waals surface area (Å²) >= 11 is 0. The second kappa shape index (κ2) is 11.3. The molecule has 1 fully saturated rings. The van der Waals surface area contributed by atoms with Gasteiger partial charge in [0.2, 0.25) is 5.91 Å². The Hall–Kier alpha value is -3.19. The zero-order valence-electron chi connectivity index (χ0n) is 18.6. The van der Waals surface area contributed by atoms with E-state index in [4.69, 9.17) is 4.74 Å². The number of carbonyl (C=O) groups excluding carboxylic acids is 1. The van der Waals surface area contributed by atoms with Crippen LogP contribution >= 0.6 is 0 Å². The number of amides is 1. The summed E-state index contributed by atoms with van der Waals surface area (Å²) in [6.45, 7) is 3.46. The van der Waals surface area contributed by atoms with Crippen LogP contribution in [-0.2, 0) is 15.7 Å². The summed E-state index contributed by atoms with van der Waals surface area (Å²) < 4.78 is 43.6. The van der Waals surface area contributed by atoms with Gasteiger partial charge in [0.05, 0.1) is 49.7 Å². The maximum Gasteiger partial charge on any atom is 0.417 e. The van der Waals surface area contributed by atoms with Crippen LogP contribution in [0.1, 0.15) is 17.5 Å². The number of nitrogens with one attached hydrogen (secondary N) is 2. The number of alkyl halides is 3. The van der Waals surface area contributed by atoms with Crippen LogP contribution < -0.4 is 15.8 Å². The molecule has 10 nitrogen and oxygen atoms in total. The van der Waals surface area contributed by atoms with E-state index in [0.717, 1.165) is 12.3 Å². The quantitative estimate of drug-likeness (QED) is 0.451. The lowest BCUT2D eigenvalue weighted by molar-refractivity contribution is -0.138. The lowest BCUT2D eigenvalue weighted by atomic mass is 10.2. The number of aliphatic hydroxyl groups excluding tert-OH is 1. The molecule has 3 N–H and O–H groups in total. The van der Waals surface area contributed by atoms with Crippen LogP contribution in [0.4, 0.5) is 24.7 Å². The van der Waals surface area contributed by atoms with E-state index < -0.39 is 17.8 Å². The van der Waals surface area contributed by atoms with Gasteiger partial charge in [0.15, 0.2) is 0 Å². The van der Waals surface area contributed by atoms with Gasteiger partial charge in [-0.3, -0.25) is 9.59 Å². The Morgan fingerprint density at radius 3 is 2.62 bits per heavy atom. The first kappa shape index (κ1) is 25.4. The number of pyridine rings is 1. The highest BCUT2D eigenvalue weighted by molar-refractivity contribution is 5.76. The molecule has 0 unspecified atom stereocenters. The number of rotatable bonds is 9. The number of aliphatic hydroxyl groups is 1. The fourth-order valence-electron chi connectivity index (χ4n) is 3.43. The highest BCUT2D eigenvalue weighted by Gasteiger charge is 2.31. The van der Waals surface area contributed by atoms with Crippen LogP contribution in [0, 0.1) is 6.92 Å². The van der Waals surface area contributed by atoms with E-state index in [2.05, 4.69) is 20.5 Å². The van der Waals surface area contributed by atoms with E-state index in [-0.39, 0.29) is 37.7 Å². The van der Waals surface area contributed by atoms with Crippen LogP contribution in [0.25, 0.3) is 0 Å². The zero-order valence-corrected chi connectivity index (χ0v) is 18.6. The van der Waals surface area contributed by atoms with E-state index in [1.807, 2.05) is 4.90 Å². The number of anilines is 2. The third-order valence-electron chi connectivity index (χ3n) is 5.50. The molecule has 0 aromatic carbocycles. The van der Waals surface area contributed by atoms with E-state index >= 15 is 0 Å². The van der Waals surface area contributed by atoms with E-state index in [1.54, 1.807) is 11.8 Å². The molecule has 0 radical (unpaired) electrons. The molecular formula is C21H27F3N6O4. The van der Waals surface area contributed by atoms with E-state index in [0.29, 0.717) is 43.2 Å². The first-order valence-electron chi connectivity index (χ1n) is 10.7. The van der Waals surface area contributed by atoms with Gasteiger partial charge < -0.3 is 25.0 Å². The van der Waals surface area contributed by atoms with Gasteiger partial charge in [-0.25, -0.2) is 10.1 Å². The van der Waals surface area contributed by atoms with Gasteiger partial charge in [-0.05, 0) is 19.1 Å². The van der Waals surface area contributed by atoms with Crippen molar-refractivity contribution >= 4 is 17.4 Å². The topological polar surface area (TPSA) is 124 Å². The van der Waals surface area contributed by atoms with Gasteiger partial charge in [0, 0.05) is 37.9 Å². The van der Waals surface area contributed by atoms with Crippen molar-refractivity contribution in [1.29, 1.82) is 0 Å². The summed E-state index contributed by atoms with van der Waals surface area (Å²) in [6, 6.07) is 1.86. The maximum absolute atomic E-state index is 12.7. The van der Waals surface area contributed by atoms with Crippen LogP contribution in [0.5, 0.6) is 0 Å². The smallest absolute Gasteiger partial charge is 0.394 e. The first-order chi connectivity index (χ1) is 16.2. The molecule has 1 saturated heterocycles.